The first-order chi connectivity index (χ1) is 7.11. The van der Waals surface area contributed by atoms with E-state index in [2.05, 4.69) is 0 Å². The Labute approximate surface area is 90.9 Å². The molecule has 3 heteroatoms. The zero-order valence-corrected chi connectivity index (χ0v) is 9.53. The summed E-state index contributed by atoms with van der Waals surface area (Å²) in [5, 5.41) is 10.1. The number of aliphatic hydroxyl groups excluding tert-OH is 1. The van der Waals surface area contributed by atoms with Crippen molar-refractivity contribution in [2.75, 3.05) is 12.8 Å². The Hall–Kier alpha value is -1.22. The Morgan fingerprint density at radius 3 is 2.67 bits per heavy atom. The van der Waals surface area contributed by atoms with Crippen LogP contribution in [0.5, 0.6) is 5.75 Å². The van der Waals surface area contributed by atoms with E-state index >= 15 is 0 Å². The van der Waals surface area contributed by atoms with Crippen LogP contribution in [0.15, 0.2) is 18.2 Å². The fourth-order valence-corrected chi connectivity index (χ4v) is 1.53. The first-order valence-electron chi connectivity index (χ1n) is 5.22. The summed E-state index contributed by atoms with van der Waals surface area (Å²) in [6, 6.07) is 5.48. The number of benzene rings is 1. The van der Waals surface area contributed by atoms with E-state index in [1.54, 1.807) is 13.2 Å². The number of methoxy groups -OCH3 is 1. The van der Waals surface area contributed by atoms with Crippen molar-refractivity contribution in [2.24, 2.45) is 5.92 Å². The molecule has 0 aliphatic carbocycles. The summed E-state index contributed by atoms with van der Waals surface area (Å²) in [6.07, 6.45) is 0.391. The molecule has 1 aromatic rings. The topological polar surface area (TPSA) is 55.5 Å². The number of anilines is 1. The maximum absolute atomic E-state index is 10.1. The molecule has 15 heavy (non-hydrogen) atoms. The van der Waals surface area contributed by atoms with Gasteiger partial charge in [-0.05, 0) is 12.0 Å². The molecule has 3 nitrogen and oxygen atoms in total. The molecule has 0 radical (unpaired) electrons. The third-order valence-corrected chi connectivity index (χ3v) is 2.82. The van der Waals surface area contributed by atoms with Crippen molar-refractivity contribution in [3.63, 3.8) is 0 Å². The largest absolute Gasteiger partial charge is 0.495 e. The van der Waals surface area contributed by atoms with Gasteiger partial charge in [0.15, 0.2) is 0 Å². The summed E-state index contributed by atoms with van der Waals surface area (Å²) < 4.78 is 5.11. The average molecular weight is 209 g/mol. The van der Waals surface area contributed by atoms with Crippen molar-refractivity contribution < 1.29 is 9.84 Å². The van der Waals surface area contributed by atoms with Crippen LogP contribution < -0.4 is 10.5 Å². The standard InChI is InChI=1S/C12H19NO2/c1-4-8(2)12(14)9-6-5-7-10(15-3)11(9)13/h5-8,12,14H,4,13H2,1-3H3. The van der Waals surface area contributed by atoms with Gasteiger partial charge in [0.1, 0.15) is 5.75 Å². The van der Waals surface area contributed by atoms with Crippen molar-refractivity contribution in [1.82, 2.24) is 0 Å². The Bertz CT molecular complexity index is 325. The van der Waals surface area contributed by atoms with Gasteiger partial charge < -0.3 is 15.6 Å². The van der Waals surface area contributed by atoms with Crippen LogP contribution in [-0.2, 0) is 0 Å². The molecule has 0 aliphatic heterocycles. The van der Waals surface area contributed by atoms with E-state index in [0.717, 1.165) is 12.0 Å². The van der Waals surface area contributed by atoms with E-state index in [1.165, 1.54) is 0 Å². The van der Waals surface area contributed by atoms with Crippen molar-refractivity contribution in [3.05, 3.63) is 23.8 Å². The zero-order chi connectivity index (χ0) is 11.4. The average Bonchev–Trinajstić information content (AvgIpc) is 2.27. The van der Waals surface area contributed by atoms with Gasteiger partial charge in [0, 0.05) is 5.56 Å². The number of nitrogen functional groups attached to an aromatic ring is 1. The molecule has 3 N–H and O–H groups in total. The highest BCUT2D eigenvalue weighted by Crippen LogP contribution is 2.33. The fraction of sp³-hybridized carbons (Fsp3) is 0.500. The van der Waals surface area contributed by atoms with Gasteiger partial charge in [-0.2, -0.15) is 0 Å². The summed E-state index contributed by atoms with van der Waals surface area (Å²) in [5.41, 5.74) is 7.19. The highest BCUT2D eigenvalue weighted by Gasteiger charge is 2.18. The summed E-state index contributed by atoms with van der Waals surface area (Å²) >= 11 is 0. The zero-order valence-electron chi connectivity index (χ0n) is 9.53. The van der Waals surface area contributed by atoms with E-state index in [0.29, 0.717) is 11.4 Å². The highest BCUT2D eigenvalue weighted by molar-refractivity contribution is 5.59. The third-order valence-electron chi connectivity index (χ3n) is 2.82. The molecule has 0 saturated heterocycles. The summed E-state index contributed by atoms with van der Waals surface area (Å²) in [6.45, 7) is 4.05. The monoisotopic (exact) mass is 209 g/mol. The molecule has 0 fully saturated rings. The second kappa shape index (κ2) is 5.03. The van der Waals surface area contributed by atoms with Crippen molar-refractivity contribution >= 4 is 5.69 Å². The first-order valence-corrected chi connectivity index (χ1v) is 5.22. The minimum absolute atomic E-state index is 0.194. The quantitative estimate of drug-likeness (QED) is 0.748. The smallest absolute Gasteiger partial charge is 0.142 e. The molecule has 0 aliphatic rings. The second-order valence-electron chi connectivity index (χ2n) is 3.79. The molecule has 0 amide bonds. The number of rotatable bonds is 4. The lowest BCUT2D eigenvalue weighted by molar-refractivity contribution is 0.116. The maximum atomic E-state index is 10.1. The van der Waals surface area contributed by atoms with E-state index < -0.39 is 6.10 Å². The number of hydrogen-bond acceptors (Lipinski definition) is 3. The molecule has 84 valence electrons. The number of ether oxygens (including phenoxy) is 1. The van der Waals surface area contributed by atoms with Crippen LogP contribution in [0.3, 0.4) is 0 Å². The molecule has 1 rings (SSSR count). The molecular weight excluding hydrogens is 190 g/mol. The van der Waals surface area contributed by atoms with E-state index in [4.69, 9.17) is 10.5 Å². The van der Waals surface area contributed by atoms with Crippen LogP contribution in [-0.4, -0.2) is 12.2 Å². The Morgan fingerprint density at radius 1 is 1.47 bits per heavy atom. The van der Waals surface area contributed by atoms with Crippen LogP contribution in [0, 0.1) is 5.92 Å². The lowest BCUT2D eigenvalue weighted by atomic mass is 9.94. The van der Waals surface area contributed by atoms with Crippen LogP contribution >= 0.6 is 0 Å². The van der Waals surface area contributed by atoms with Crippen LogP contribution in [0.4, 0.5) is 5.69 Å². The fourth-order valence-electron chi connectivity index (χ4n) is 1.53. The summed E-state index contributed by atoms with van der Waals surface area (Å²) in [4.78, 5) is 0. The van der Waals surface area contributed by atoms with Gasteiger partial charge in [0.25, 0.3) is 0 Å². The minimum atomic E-state index is -0.523. The predicted octanol–water partition coefficient (Wildman–Crippen LogP) is 2.36. The normalized spacial score (nSPS) is 14.7. The number of nitrogens with two attached hydrogens (primary N) is 1. The van der Waals surface area contributed by atoms with Gasteiger partial charge in [-0.3, -0.25) is 0 Å². The molecule has 0 saturated carbocycles. The maximum Gasteiger partial charge on any atom is 0.142 e. The molecule has 2 unspecified atom stereocenters. The highest BCUT2D eigenvalue weighted by atomic mass is 16.5. The molecular formula is C12H19NO2. The van der Waals surface area contributed by atoms with Gasteiger partial charge >= 0.3 is 0 Å². The van der Waals surface area contributed by atoms with Crippen molar-refractivity contribution in [1.29, 1.82) is 0 Å². The van der Waals surface area contributed by atoms with Gasteiger partial charge in [0.05, 0.1) is 18.9 Å². The number of para-hydroxylation sites is 1. The number of hydrogen-bond donors (Lipinski definition) is 2. The molecule has 2 atom stereocenters. The minimum Gasteiger partial charge on any atom is -0.495 e. The second-order valence-corrected chi connectivity index (χ2v) is 3.79. The van der Waals surface area contributed by atoms with Crippen molar-refractivity contribution in [3.8, 4) is 5.75 Å². The lowest BCUT2D eigenvalue weighted by Gasteiger charge is -2.20. The lowest BCUT2D eigenvalue weighted by Crippen LogP contribution is -2.11. The molecule has 0 spiro atoms. The molecule has 0 aromatic heterocycles. The van der Waals surface area contributed by atoms with E-state index in [-0.39, 0.29) is 5.92 Å². The van der Waals surface area contributed by atoms with Crippen LogP contribution in [0.1, 0.15) is 31.9 Å². The van der Waals surface area contributed by atoms with E-state index in [9.17, 15) is 5.11 Å². The first kappa shape index (κ1) is 11.9. The van der Waals surface area contributed by atoms with Gasteiger partial charge in [-0.25, -0.2) is 0 Å². The molecule has 0 bridgehead atoms. The Morgan fingerprint density at radius 2 is 2.13 bits per heavy atom. The van der Waals surface area contributed by atoms with Crippen LogP contribution in [0.25, 0.3) is 0 Å². The van der Waals surface area contributed by atoms with Crippen molar-refractivity contribution in [2.45, 2.75) is 26.4 Å². The SMILES string of the molecule is CCC(C)C(O)c1cccc(OC)c1N. The van der Waals surface area contributed by atoms with Gasteiger partial charge in [-0.1, -0.05) is 32.4 Å². The molecule has 0 heterocycles. The Kier molecular flexibility index (Phi) is 3.97. The summed E-state index contributed by atoms with van der Waals surface area (Å²) in [7, 11) is 1.57. The summed E-state index contributed by atoms with van der Waals surface area (Å²) in [5.74, 6) is 0.814. The van der Waals surface area contributed by atoms with Gasteiger partial charge in [0.2, 0.25) is 0 Å². The van der Waals surface area contributed by atoms with E-state index in [1.807, 2.05) is 26.0 Å². The third kappa shape index (κ3) is 2.42. The number of aliphatic hydroxyl groups is 1. The predicted molar refractivity (Wildman–Crippen MR) is 61.8 cm³/mol. The van der Waals surface area contributed by atoms with Crippen LogP contribution in [0.2, 0.25) is 0 Å². The van der Waals surface area contributed by atoms with Gasteiger partial charge in [-0.15, -0.1) is 0 Å². The molecule has 1 aromatic carbocycles. The Balaban J connectivity index is 3.03.